The summed E-state index contributed by atoms with van der Waals surface area (Å²) in [5.41, 5.74) is 1.81. The Kier molecular flexibility index (Phi) is 4.83. The van der Waals surface area contributed by atoms with Crippen LogP contribution in [0.25, 0.3) is 0 Å². The standard InChI is InChI=1S/C20H25N3O2/c24-20(18-14-19(25-22-18)16-6-7-16)21-17-9-12-23(13-10-17)11-8-15-4-2-1-3-5-15/h1-5,14,16-17H,6-13H2,(H,21,24). The van der Waals surface area contributed by atoms with E-state index in [4.69, 9.17) is 4.52 Å². The fraction of sp³-hybridized carbons (Fsp3) is 0.500. The van der Waals surface area contributed by atoms with Crippen LogP contribution in [-0.4, -0.2) is 41.6 Å². The number of nitrogens with zero attached hydrogens (tertiary/aromatic N) is 2. The van der Waals surface area contributed by atoms with Crippen LogP contribution in [-0.2, 0) is 6.42 Å². The Hall–Kier alpha value is -2.14. The monoisotopic (exact) mass is 339 g/mol. The molecule has 0 atom stereocenters. The van der Waals surface area contributed by atoms with Crippen molar-refractivity contribution in [1.82, 2.24) is 15.4 Å². The number of hydrogen-bond acceptors (Lipinski definition) is 4. The molecule has 5 nitrogen and oxygen atoms in total. The van der Waals surface area contributed by atoms with Gasteiger partial charge in [-0.3, -0.25) is 4.79 Å². The van der Waals surface area contributed by atoms with Crippen molar-refractivity contribution in [2.45, 2.75) is 44.1 Å². The number of carbonyl (C=O) groups excluding carboxylic acids is 1. The quantitative estimate of drug-likeness (QED) is 0.879. The first-order valence-corrected chi connectivity index (χ1v) is 9.32. The van der Waals surface area contributed by atoms with Crippen LogP contribution >= 0.6 is 0 Å². The molecular weight excluding hydrogens is 314 g/mol. The maximum Gasteiger partial charge on any atom is 0.273 e. The van der Waals surface area contributed by atoms with Gasteiger partial charge in [-0.05, 0) is 37.7 Å². The highest BCUT2D eigenvalue weighted by Crippen LogP contribution is 2.40. The third kappa shape index (κ3) is 4.28. The largest absolute Gasteiger partial charge is 0.360 e. The van der Waals surface area contributed by atoms with Crippen molar-refractivity contribution in [3.63, 3.8) is 0 Å². The van der Waals surface area contributed by atoms with E-state index < -0.39 is 0 Å². The van der Waals surface area contributed by atoms with Crippen LogP contribution in [0.3, 0.4) is 0 Å². The lowest BCUT2D eigenvalue weighted by Crippen LogP contribution is -2.45. The molecule has 0 unspecified atom stereocenters. The van der Waals surface area contributed by atoms with Gasteiger partial charge in [-0.1, -0.05) is 35.5 Å². The summed E-state index contributed by atoms with van der Waals surface area (Å²) < 4.78 is 5.27. The maximum absolute atomic E-state index is 12.3. The van der Waals surface area contributed by atoms with Crippen LogP contribution in [0.2, 0.25) is 0 Å². The summed E-state index contributed by atoms with van der Waals surface area (Å²) in [6.07, 6.45) is 5.37. The van der Waals surface area contributed by atoms with Crippen molar-refractivity contribution >= 4 is 5.91 Å². The number of aromatic nitrogens is 1. The Morgan fingerprint density at radius 3 is 2.64 bits per heavy atom. The summed E-state index contributed by atoms with van der Waals surface area (Å²) in [6.45, 7) is 3.15. The van der Waals surface area contributed by atoms with E-state index in [2.05, 4.69) is 45.7 Å². The number of carbonyl (C=O) groups is 1. The van der Waals surface area contributed by atoms with Gasteiger partial charge in [0.1, 0.15) is 5.76 Å². The highest BCUT2D eigenvalue weighted by Gasteiger charge is 2.29. The molecule has 2 aromatic rings. The Morgan fingerprint density at radius 2 is 1.92 bits per heavy atom. The lowest BCUT2D eigenvalue weighted by molar-refractivity contribution is 0.0902. The molecule has 0 radical (unpaired) electrons. The van der Waals surface area contributed by atoms with Crippen molar-refractivity contribution in [1.29, 1.82) is 0 Å². The Labute approximate surface area is 148 Å². The number of rotatable bonds is 6. The Bertz CT molecular complexity index is 701. The number of piperidine rings is 1. The van der Waals surface area contributed by atoms with Gasteiger partial charge in [0.2, 0.25) is 0 Å². The van der Waals surface area contributed by atoms with Crippen molar-refractivity contribution in [2.24, 2.45) is 0 Å². The molecule has 1 N–H and O–H groups in total. The van der Waals surface area contributed by atoms with E-state index in [1.807, 2.05) is 6.07 Å². The molecule has 1 aliphatic carbocycles. The van der Waals surface area contributed by atoms with Gasteiger partial charge in [0.05, 0.1) is 0 Å². The molecule has 1 saturated heterocycles. The van der Waals surface area contributed by atoms with Gasteiger partial charge in [0, 0.05) is 37.7 Å². The minimum absolute atomic E-state index is 0.0987. The molecule has 25 heavy (non-hydrogen) atoms. The van der Waals surface area contributed by atoms with Gasteiger partial charge in [0.25, 0.3) is 5.91 Å². The highest BCUT2D eigenvalue weighted by molar-refractivity contribution is 5.92. The summed E-state index contributed by atoms with van der Waals surface area (Å²) in [5, 5.41) is 7.04. The SMILES string of the molecule is O=C(NC1CCN(CCc2ccccc2)CC1)c1cc(C2CC2)on1. The molecule has 2 fully saturated rings. The first kappa shape index (κ1) is 16.3. The number of likely N-dealkylation sites (tertiary alicyclic amines) is 1. The van der Waals surface area contributed by atoms with Crippen LogP contribution in [0.1, 0.15) is 53.4 Å². The summed E-state index contributed by atoms with van der Waals surface area (Å²) in [5.74, 6) is 1.25. The van der Waals surface area contributed by atoms with Gasteiger partial charge in [-0.25, -0.2) is 0 Å². The number of hydrogen-bond donors (Lipinski definition) is 1. The number of nitrogens with one attached hydrogen (secondary N) is 1. The van der Waals surface area contributed by atoms with Crippen molar-refractivity contribution < 1.29 is 9.32 Å². The van der Waals surface area contributed by atoms with Crippen LogP contribution in [0, 0.1) is 0 Å². The minimum Gasteiger partial charge on any atom is -0.360 e. The first-order valence-electron chi connectivity index (χ1n) is 9.32. The van der Waals surface area contributed by atoms with Crippen LogP contribution in [0.4, 0.5) is 0 Å². The molecule has 1 aromatic heterocycles. The van der Waals surface area contributed by atoms with Gasteiger partial charge in [-0.2, -0.15) is 0 Å². The molecule has 0 bridgehead atoms. The fourth-order valence-corrected chi connectivity index (χ4v) is 3.45. The molecule has 4 rings (SSSR count). The third-order valence-electron chi connectivity index (χ3n) is 5.22. The van der Waals surface area contributed by atoms with Crippen molar-refractivity contribution in [3.05, 3.63) is 53.4 Å². The number of amides is 1. The van der Waals surface area contributed by atoms with E-state index in [9.17, 15) is 4.79 Å². The predicted octanol–water partition coefficient (Wildman–Crippen LogP) is 2.99. The highest BCUT2D eigenvalue weighted by atomic mass is 16.5. The lowest BCUT2D eigenvalue weighted by atomic mass is 10.0. The van der Waals surface area contributed by atoms with E-state index in [1.165, 1.54) is 5.56 Å². The average molecular weight is 339 g/mol. The van der Waals surface area contributed by atoms with E-state index in [1.54, 1.807) is 0 Å². The molecule has 2 aliphatic rings. The third-order valence-corrected chi connectivity index (χ3v) is 5.22. The fourth-order valence-electron chi connectivity index (χ4n) is 3.45. The zero-order valence-electron chi connectivity index (χ0n) is 14.5. The van der Waals surface area contributed by atoms with E-state index in [-0.39, 0.29) is 11.9 Å². The summed E-state index contributed by atoms with van der Waals surface area (Å²) in [6, 6.07) is 12.6. The summed E-state index contributed by atoms with van der Waals surface area (Å²) in [7, 11) is 0. The maximum atomic E-state index is 12.3. The molecule has 1 aliphatic heterocycles. The molecule has 132 valence electrons. The van der Waals surface area contributed by atoms with Crippen molar-refractivity contribution in [3.8, 4) is 0 Å². The van der Waals surface area contributed by atoms with E-state index in [0.717, 1.165) is 57.5 Å². The topological polar surface area (TPSA) is 58.4 Å². The van der Waals surface area contributed by atoms with Crippen LogP contribution in [0.15, 0.2) is 40.9 Å². The summed E-state index contributed by atoms with van der Waals surface area (Å²) >= 11 is 0. The lowest BCUT2D eigenvalue weighted by Gasteiger charge is -2.32. The Morgan fingerprint density at radius 1 is 1.16 bits per heavy atom. The van der Waals surface area contributed by atoms with Gasteiger partial charge < -0.3 is 14.7 Å². The normalized spacial score (nSPS) is 19.0. The average Bonchev–Trinajstić information content (AvgIpc) is 3.38. The second kappa shape index (κ2) is 7.40. The molecular formula is C20H25N3O2. The molecule has 5 heteroatoms. The van der Waals surface area contributed by atoms with Crippen molar-refractivity contribution in [2.75, 3.05) is 19.6 Å². The molecule has 0 spiro atoms. The second-order valence-corrected chi connectivity index (χ2v) is 7.21. The van der Waals surface area contributed by atoms with E-state index >= 15 is 0 Å². The van der Waals surface area contributed by atoms with Gasteiger partial charge >= 0.3 is 0 Å². The minimum atomic E-state index is -0.0987. The molecule has 1 amide bonds. The summed E-state index contributed by atoms with van der Waals surface area (Å²) in [4.78, 5) is 14.8. The van der Waals surface area contributed by atoms with Gasteiger partial charge in [-0.15, -0.1) is 0 Å². The molecule has 1 saturated carbocycles. The van der Waals surface area contributed by atoms with Crippen LogP contribution in [0.5, 0.6) is 0 Å². The number of benzene rings is 1. The smallest absolute Gasteiger partial charge is 0.273 e. The van der Waals surface area contributed by atoms with Gasteiger partial charge in [0.15, 0.2) is 5.69 Å². The Balaban J connectivity index is 1.21. The van der Waals surface area contributed by atoms with Crippen LogP contribution < -0.4 is 5.32 Å². The second-order valence-electron chi connectivity index (χ2n) is 7.21. The first-order chi connectivity index (χ1) is 12.3. The predicted molar refractivity (Wildman–Crippen MR) is 95.6 cm³/mol. The van der Waals surface area contributed by atoms with E-state index in [0.29, 0.717) is 11.6 Å². The molecule has 2 heterocycles. The zero-order valence-corrected chi connectivity index (χ0v) is 14.5. The molecule has 1 aromatic carbocycles. The zero-order chi connectivity index (χ0) is 17.1.